The van der Waals surface area contributed by atoms with Gasteiger partial charge in [-0.2, -0.15) is 12.7 Å². The highest BCUT2D eigenvalue weighted by Gasteiger charge is 2.28. The van der Waals surface area contributed by atoms with Crippen LogP contribution in [0.25, 0.3) is 21.8 Å². The van der Waals surface area contributed by atoms with Crippen LogP contribution in [0.3, 0.4) is 0 Å². The van der Waals surface area contributed by atoms with Crippen LogP contribution in [0.1, 0.15) is 52.0 Å². The number of benzene rings is 1. The van der Waals surface area contributed by atoms with Crippen LogP contribution in [-0.4, -0.2) is 66.6 Å². The average Bonchev–Trinajstić information content (AvgIpc) is 3.40. The molecule has 3 heterocycles. The average molecular weight is 606 g/mol. The standard InChI is InChI=1S/C27H36FN7O4S2/c1-17(31-26(36)39-5)16-30-25-29-13-12-20(32-25)23-22(33-24(40-23)27(2,3)4)18-10-9-11-19(21(18)28)34-41(37,38)35-14-7-6-8-15-35/h9-13,17,34H,6-8,14-16H2,1-5H3,(H,31,36)(H,29,30,32)/t17-/m0/s1. The largest absolute Gasteiger partial charge is 0.453 e. The van der Waals surface area contributed by atoms with Gasteiger partial charge in [-0.25, -0.2) is 24.1 Å². The number of aromatic nitrogens is 3. The van der Waals surface area contributed by atoms with E-state index >= 15 is 4.39 Å². The highest BCUT2D eigenvalue weighted by atomic mass is 32.2. The number of rotatable bonds is 9. The number of halogens is 1. The zero-order chi connectivity index (χ0) is 29.8. The molecule has 0 spiro atoms. The van der Waals surface area contributed by atoms with Gasteiger partial charge in [0.1, 0.15) is 0 Å². The number of thiazole rings is 1. The zero-order valence-electron chi connectivity index (χ0n) is 23.8. The second-order valence-electron chi connectivity index (χ2n) is 10.9. The molecule has 1 atom stereocenters. The van der Waals surface area contributed by atoms with Crippen molar-refractivity contribution in [2.75, 3.05) is 36.8 Å². The van der Waals surface area contributed by atoms with Crippen LogP contribution in [0.15, 0.2) is 30.5 Å². The van der Waals surface area contributed by atoms with Crippen molar-refractivity contribution in [3.63, 3.8) is 0 Å². The molecular formula is C27H36FN7O4S2. The maximum Gasteiger partial charge on any atom is 0.407 e. The molecule has 0 saturated carbocycles. The summed E-state index contributed by atoms with van der Waals surface area (Å²) in [5.74, 6) is -0.392. The van der Waals surface area contributed by atoms with Crippen molar-refractivity contribution in [1.82, 2.24) is 24.6 Å². The molecular weight excluding hydrogens is 569 g/mol. The molecule has 3 N–H and O–H groups in total. The van der Waals surface area contributed by atoms with E-state index in [2.05, 4.69) is 30.1 Å². The van der Waals surface area contributed by atoms with E-state index < -0.39 is 22.1 Å². The fourth-order valence-electron chi connectivity index (χ4n) is 4.23. The summed E-state index contributed by atoms with van der Waals surface area (Å²) in [4.78, 5) is 25.8. The van der Waals surface area contributed by atoms with Crippen molar-refractivity contribution in [2.45, 2.75) is 58.4 Å². The second-order valence-corrected chi connectivity index (χ2v) is 13.5. The molecule has 2 aromatic heterocycles. The van der Waals surface area contributed by atoms with Gasteiger partial charge in [0.15, 0.2) is 5.82 Å². The van der Waals surface area contributed by atoms with Gasteiger partial charge in [-0.3, -0.25) is 4.72 Å². The van der Waals surface area contributed by atoms with Gasteiger partial charge < -0.3 is 15.4 Å². The van der Waals surface area contributed by atoms with E-state index in [9.17, 15) is 13.2 Å². The third-order valence-corrected chi connectivity index (χ3v) is 9.45. The SMILES string of the molecule is COC(=O)N[C@@H](C)CNc1nccc(-c2sc(C(C)(C)C)nc2-c2cccc(NS(=O)(=O)N3CCCCC3)c2F)n1. The smallest absolute Gasteiger partial charge is 0.407 e. The molecule has 0 bridgehead atoms. The minimum Gasteiger partial charge on any atom is -0.453 e. The van der Waals surface area contributed by atoms with Crippen LogP contribution >= 0.6 is 11.3 Å². The van der Waals surface area contributed by atoms with Crippen molar-refractivity contribution in [3.05, 3.63) is 41.3 Å². The first-order chi connectivity index (χ1) is 19.4. The van der Waals surface area contributed by atoms with E-state index in [0.29, 0.717) is 41.8 Å². The van der Waals surface area contributed by atoms with Gasteiger partial charge in [-0.05, 0) is 38.0 Å². The number of hydrogen-bond acceptors (Lipinski definition) is 9. The predicted molar refractivity (Wildman–Crippen MR) is 159 cm³/mol. The Labute approximate surface area is 244 Å². The van der Waals surface area contributed by atoms with E-state index in [1.54, 1.807) is 31.3 Å². The molecule has 41 heavy (non-hydrogen) atoms. The molecule has 1 saturated heterocycles. The number of nitrogens with zero attached hydrogens (tertiary/aromatic N) is 4. The van der Waals surface area contributed by atoms with Crippen molar-refractivity contribution < 1.29 is 22.3 Å². The Bertz CT molecular complexity index is 1490. The lowest BCUT2D eigenvalue weighted by Crippen LogP contribution is -2.39. The van der Waals surface area contributed by atoms with Crippen LogP contribution < -0.4 is 15.4 Å². The Morgan fingerprint density at radius 3 is 2.59 bits per heavy atom. The molecule has 1 aromatic carbocycles. The Morgan fingerprint density at radius 2 is 1.90 bits per heavy atom. The molecule has 1 aliphatic heterocycles. The third kappa shape index (κ3) is 7.49. The monoisotopic (exact) mass is 605 g/mol. The molecule has 11 nitrogen and oxygen atoms in total. The lowest BCUT2D eigenvalue weighted by Gasteiger charge is -2.26. The summed E-state index contributed by atoms with van der Waals surface area (Å²) in [5.41, 5.74) is 0.584. The number of hydrogen-bond donors (Lipinski definition) is 3. The van der Waals surface area contributed by atoms with Crippen LogP contribution in [0.4, 0.5) is 20.8 Å². The molecule has 1 fully saturated rings. The van der Waals surface area contributed by atoms with Crippen molar-refractivity contribution >= 4 is 39.3 Å². The van der Waals surface area contributed by atoms with Gasteiger partial charge in [0.05, 0.1) is 34.1 Å². The minimum atomic E-state index is -3.90. The summed E-state index contributed by atoms with van der Waals surface area (Å²) in [6.07, 6.45) is 3.57. The number of amides is 1. The predicted octanol–water partition coefficient (Wildman–Crippen LogP) is 5.00. The van der Waals surface area contributed by atoms with Crippen LogP contribution in [-0.2, 0) is 20.4 Å². The van der Waals surface area contributed by atoms with E-state index in [-0.39, 0.29) is 22.7 Å². The quantitative estimate of drug-likeness (QED) is 0.310. The molecule has 0 aliphatic carbocycles. The van der Waals surface area contributed by atoms with Gasteiger partial charge in [-0.15, -0.1) is 11.3 Å². The second kappa shape index (κ2) is 12.7. The fraction of sp³-hybridized carbons (Fsp3) is 0.481. The van der Waals surface area contributed by atoms with E-state index in [1.165, 1.54) is 28.8 Å². The number of carbonyl (C=O) groups is 1. The van der Waals surface area contributed by atoms with Gasteiger partial charge >= 0.3 is 16.3 Å². The van der Waals surface area contributed by atoms with E-state index in [4.69, 9.17) is 4.98 Å². The third-order valence-electron chi connectivity index (χ3n) is 6.42. The number of methoxy groups -OCH3 is 1. The summed E-state index contributed by atoms with van der Waals surface area (Å²) in [7, 11) is -2.61. The van der Waals surface area contributed by atoms with Gasteiger partial charge in [0.25, 0.3) is 0 Å². The molecule has 1 amide bonds. The zero-order valence-corrected chi connectivity index (χ0v) is 25.5. The number of ether oxygens (including phenoxy) is 1. The number of nitrogens with one attached hydrogen (secondary N) is 3. The summed E-state index contributed by atoms with van der Waals surface area (Å²) >= 11 is 1.39. The lowest BCUT2D eigenvalue weighted by molar-refractivity contribution is 0.168. The van der Waals surface area contributed by atoms with Crippen molar-refractivity contribution in [2.24, 2.45) is 0 Å². The Hall–Kier alpha value is -3.36. The maximum absolute atomic E-state index is 16.0. The molecule has 0 radical (unpaired) electrons. The summed E-state index contributed by atoms with van der Waals surface area (Å²) in [5, 5.41) is 6.53. The highest BCUT2D eigenvalue weighted by molar-refractivity contribution is 7.90. The molecule has 222 valence electrons. The highest BCUT2D eigenvalue weighted by Crippen LogP contribution is 2.42. The first-order valence-corrected chi connectivity index (χ1v) is 15.6. The number of piperidine rings is 1. The van der Waals surface area contributed by atoms with Crippen LogP contribution in [0.2, 0.25) is 0 Å². The first-order valence-electron chi connectivity index (χ1n) is 13.4. The van der Waals surface area contributed by atoms with Crippen molar-refractivity contribution in [3.8, 4) is 21.8 Å². The van der Waals surface area contributed by atoms with Crippen LogP contribution in [0, 0.1) is 5.82 Å². The fourth-order valence-corrected chi connectivity index (χ4v) is 6.64. The molecule has 4 rings (SSSR count). The number of anilines is 2. The first kappa shape index (κ1) is 30.6. The summed E-state index contributed by atoms with van der Waals surface area (Å²) in [6, 6.07) is 6.06. The Morgan fingerprint density at radius 1 is 1.17 bits per heavy atom. The molecule has 3 aromatic rings. The van der Waals surface area contributed by atoms with E-state index in [1.807, 2.05) is 20.8 Å². The van der Waals surface area contributed by atoms with Gasteiger partial charge in [-0.1, -0.05) is 33.3 Å². The van der Waals surface area contributed by atoms with Gasteiger partial charge in [0.2, 0.25) is 5.95 Å². The lowest BCUT2D eigenvalue weighted by atomic mass is 9.98. The Kier molecular flexibility index (Phi) is 9.44. The molecule has 14 heteroatoms. The summed E-state index contributed by atoms with van der Waals surface area (Å²) in [6.45, 7) is 9.01. The Balaban J connectivity index is 1.68. The van der Waals surface area contributed by atoms with Crippen LogP contribution in [0.5, 0.6) is 0 Å². The number of carbonyl (C=O) groups excluding carboxylic acids is 1. The van der Waals surface area contributed by atoms with E-state index in [0.717, 1.165) is 24.3 Å². The van der Waals surface area contributed by atoms with Gasteiger partial charge in [0, 0.05) is 42.9 Å². The summed E-state index contributed by atoms with van der Waals surface area (Å²) < 4.78 is 50.4. The normalized spacial score (nSPS) is 15.3. The topological polar surface area (TPSA) is 138 Å². The maximum atomic E-state index is 16.0. The minimum absolute atomic E-state index is 0.138. The molecule has 1 aliphatic rings. The molecule has 0 unspecified atom stereocenters. The van der Waals surface area contributed by atoms with Crippen molar-refractivity contribution in [1.29, 1.82) is 0 Å². The number of alkyl carbamates (subject to hydrolysis) is 1.